The summed E-state index contributed by atoms with van der Waals surface area (Å²) in [5.74, 6) is -0.769. The quantitative estimate of drug-likeness (QED) is 0.154. The van der Waals surface area contributed by atoms with Gasteiger partial charge < -0.3 is 30.4 Å². The zero-order valence-corrected chi connectivity index (χ0v) is 21.4. The molecule has 0 saturated heterocycles. The van der Waals surface area contributed by atoms with Gasteiger partial charge in [-0.15, -0.1) is 9.78 Å². The third-order valence-corrected chi connectivity index (χ3v) is 5.40. The highest BCUT2D eigenvalue weighted by molar-refractivity contribution is 5.95. The van der Waals surface area contributed by atoms with E-state index in [-0.39, 0.29) is 42.5 Å². The second-order valence-electron chi connectivity index (χ2n) is 8.36. The number of carboxylic acids is 1. The predicted octanol–water partition coefficient (Wildman–Crippen LogP) is 2.39. The van der Waals surface area contributed by atoms with Crippen molar-refractivity contribution in [2.45, 2.75) is 26.2 Å². The second-order valence-corrected chi connectivity index (χ2v) is 8.36. The second kappa shape index (κ2) is 12.6. The molecule has 0 saturated carbocycles. The summed E-state index contributed by atoms with van der Waals surface area (Å²) in [7, 11) is 0. The maximum Gasteiger partial charge on any atom is 0.387 e. The number of aliphatic carboxylic acids is 1. The van der Waals surface area contributed by atoms with Crippen molar-refractivity contribution in [2.24, 2.45) is 5.73 Å². The lowest BCUT2D eigenvalue weighted by Crippen LogP contribution is -2.19. The number of aromatic amines is 1. The Balaban J connectivity index is 0.000000909. The van der Waals surface area contributed by atoms with E-state index in [1.165, 1.54) is 18.5 Å². The van der Waals surface area contributed by atoms with Gasteiger partial charge in [0.05, 0.1) is 6.61 Å². The number of carboxylic acid groups (broad SMARTS) is 1. The first-order valence-corrected chi connectivity index (χ1v) is 11.8. The van der Waals surface area contributed by atoms with Crippen LogP contribution in [0, 0.1) is 5.41 Å². The Kier molecular flexibility index (Phi) is 8.83. The van der Waals surface area contributed by atoms with Crippen LogP contribution in [0.5, 0.6) is 11.5 Å². The van der Waals surface area contributed by atoms with Crippen molar-refractivity contribution < 1.29 is 32.9 Å². The summed E-state index contributed by atoms with van der Waals surface area (Å²) >= 11 is 0. The Bertz CT molecular complexity index is 1570. The van der Waals surface area contributed by atoms with Crippen LogP contribution in [0.2, 0.25) is 0 Å². The monoisotopic (exact) mass is 570 g/mol. The Morgan fingerprint density at radius 2 is 1.93 bits per heavy atom. The number of nitrogens with two attached hydrogens (primary N) is 1. The Labute approximate surface area is 230 Å². The summed E-state index contributed by atoms with van der Waals surface area (Å²) < 4.78 is 42.9. The first-order valence-electron chi connectivity index (χ1n) is 11.8. The Hall–Kier alpha value is -5.38. The molecule has 5 rings (SSSR count). The van der Waals surface area contributed by atoms with Crippen molar-refractivity contribution in [2.75, 3.05) is 12.1 Å². The number of ether oxygens (including phenoxy) is 3. The van der Waals surface area contributed by atoms with Crippen molar-refractivity contribution in [3.05, 3.63) is 87.9 Å². The zero-order valence-electron chi connectivity index (χ0n) is 21.4. The van der Waals surface area contributed by atoms with Crippen molar-refractivity contribution in [1.82, 2.24) is 24.7 Å². The van der Waals surface area contributed by atoms with E-state index in [9.17, 15) is 13.6 Å². The number of nitrogens with one attached hydrogen (secondary N) is 3. The van der Waals surface area contributed by atoms with Crippen LogP contribution in [-0.4, -0.2) is 55.0 Å². The van der Waals surface area contributed by atoms with Gasteiger partial charge in [0.2, 0.25) is 0 Å². The van der Waals surface area contributed by atoms with Gasteiger partial charge in [0.25, 0.3) is 11.9 Å². The number of amidine groups is 1. The van der Waals surface area contributed by atoms with E-state index in [0.717, 1.165) is 11.6 Å². The lowest BCUT2D eigenvalue weighted by Gasteiger charge is -2.24. The average molecular weight is 571 g/mol. The minimum absolute atomic E-state index is 0.0496. The van der Waals surface area contributed by atoms with Crippen molar-refractivity contribution in [1.29, 1.82) is 5.41 Å². The molecule has 2 aromatic heterocycles. The number of benzene rings is 2. The highest BCUT2D eigenvalue weighted by Gasteiger charge is 2.27. The molecule has 1 atom stereocenters. The number of hydrogen-bond acceptors (Lipinski definition) is 10. The first kappa shape index (κ1) is 28.6. The van der Waals surface area contributed by atoms with Gasteiger partial charge in [-0.05, 0) is 48.0 Å². The van der Waals surface area contributed by atoms with Crippen molar-refractivity contribution in [3.8, 4) is 17.4 Å². The van der Waals surface area contributed by atoms with Crippen LogP contribution >= 0.6 is 0 Å². The van der Waals surface area contributed by atoms with E-state index < -0.39 is 24.3 Å². The fourth-order valence-electron chi connectivity index (χ4n) is 3.79. The number of H-pyrrole nitrogens is 1. The Morgan fingerprint density at radius 1 is 1.24 bits per heavy atom. The van der Waals surface area contributed by atoms with Gasteiger partial charge in [-0.2, -0.15) is 8.78 Å². The molecule has 1 aliphatic heterocycles. The van der Waals surface area contributed by atoms with Gasteiger partial charge in [-0.25, -0.2) is 14.8 Å². The number of nitrogen functional groups attached to an aromatic ring is 1. The van der Waals surface area contributed by atoms with Crippen LogP contribution in [-0.2, 0) is 16.1 Å². The van der Waals surface area contributed by atoms with Gasteiger partial charge in [0.1, 0.15) is 11.9 Å². The smallest absolute Gasteiger partial charge is 0.387 e. The molecule has 0 aliphatic carbocycles. The minimum atomic E-state index is -3.09. The number of aromatic nitrogens is 5. The number of carbonyl (C=O) groups is 1. The third-order valence-electron chi connectivity index (χ3n) is 5.40. The fourth-order valence-corrected chi connectivity index (χ4v) is 3.79. The summed E-state index contributed by atoms with van der Waals surface area (Å²) in [6, 6.07) is 10.5. The predicted molar refractivity (Wildman–Crippen MR) is 139 cm³/mol. The summed E-state index contributed by atoms with van der Waals surface area (Å²) in [6.45, 7) is -2.01. The molecule has 3 heterocycles. The molecule has 16 heteroatoms. The van der Waals surface area contributed by atoms with Gasteiger partial charge >= 0.3 is 12.3 Å². The van der Waals surface area contributed by atoms with Crippen molar-refractivity contribution in [3.63, 3.8) is 0 Å². The molecular formula is C25H24F2N8O6. The maximum absolute atomic E-state index is 13.2. The number of rotatable bonds is 8. The number of anilines is 1. The van der Waals surface area contributed by atoms with Crippen molar-refractivity contribution >= 4 is 17.5 Å². The molecule has 1 aliphatic rings. The van der Waals surface area contributed by atoms with Gasteiger partial charge in [0.15, 0.2) is 24.1 Å². The van der Waals surface area contributed by atoms with E-state index in [0.29, 0.717) is 22.4 Å². The molecule has 0 bridgehead atoms. The summed E-state index contributed by atoms with van der Waals surface area (Å²) in [4.78, 5) is 32.5. The molecule has 0 unspecified atom stereocenters. The standard InChI is InChI=1S/C23H20F2N8O4.C2H4O2/c24-21(25)37-16-9-13(8-14-10-35-11-36-18(14)16)17(30-15-4-2-12(3-5-15)19(26)27)20-31-23(34)33(32-20)22-28-6-1-7-29-22;1-2(3)4/h1-9,17,21,30H,10-11H2,(H3,26,27)(H,31,32,34);1H3,(H,3,4)/t17-;/m0./s1. The highest BCUT2D eigenvalue weighted by Crippen LogP contribution is 2.39. The molecule has 0 radical (unpaired) electrons. The number of fused-ring (bicyclic) bond motifs is 1. The van der Waals surface area contributed by atoms with Crippen LogP contribution in [0.15, 0.2) is 59.7 Å². The van der Waals surface area contributed by atoms with E-state index in [2.05, 4.69) is 25.4 Å². The van der Waals surface area contributed by atoms with Gasteiger partial charge in [0, 0.05) is 36.1 Å². The topological polar surface area (TPSA) is 203 Å². The summed E-state index contributed by atoms with van der Waals surface area (Å²) in [6.07, 6.45) is 2.93. The molecule has 4 aromatic rings. The molecule has 2 aromatic carbocycles. The normalized spacial score (nSPS) is 12.8. The molecule has 0 fully saturated rings. The number of nitrogens with zero attached hydrogens (tertiary/aromatic N) is 4. The SMILES string of the molecule is CC(=O)O.N=C(N)c1ccc(N[C@@H](c2cc3c(c(OC(F)F)c2)OCOC3)c2nn(-c3ncccn3)c(=O)[nH]2)cc1. The Morgan fingerprint density at radius 3 is 2.56 bits per heavy atom. The van der Waals surface area contributed by atoms with E-state index in [4.69, 9.17) is 35.3 Å². The fraction of sp³-hybridized carbons (Fsp3) is 0.200. The minimum Gasteiger partial charge on any atom is -0.481 e. The summed E-state index contributed by atoms with van der Waals surface area (Å²) in [5.41, 5.74) is 6.93. The zero-order chi connectivity index (χ0) is 29.5. The molecule has 14 nitrogen and oxygen atoms in total. The largest absolute Gasteiger partial charge is 0.481 e. The van der Waals surface area contributed by atoms with Gasteiger partial charge in [-0.1, -0.05) is 0 Å². The molecule has 214 valence electrons. The van der Waals surface area contributed by atoms with E-state index in [1.54, 1.807) is 36.4 Å². The van der Waals surface area contributed by atoms with Crippen LogP contribution in [0.25, 0.3) is 5.95 Å². The third kappa shape index (κ3) is 7.18. The van der Waals surface area contributed by atoms with Gasteiger partial charge in [-0.3, -0.25) is 15.2 Å². The number of alkyl halides is 2. The first-order chi connectivity index (χ1) is 19.6. The lowest BCUT2D eigenvalue weighted by atomic mass is 10.0. The number of halogens is 2. The lowest BCUT2D eigenvalue weighted by molar-refractivity contribution is -0.134. The van der Waals surface area contributed by atoms with E-state index >= 15 is 0 Å². The molecular weight excluding hydrogens is 546 g/mol. The molecule has 0 spiro atoms. The molecule has 6 N–H and O–H groups in total. The van der Waals surface area contributed by atoms with Crippen LogP contribution in [0.4, 0.5) is 14.5 Å². The molecule has 41 heavy (non-hydrogen) atoms. The maximum atomic E-state index is 13.2. The summed E-state index contributed by atoms with van der Waals surface area (Å²) in [5, 5.41) is 22.6. The van der Waals surface area contributed by atoms with Crippen LogP contribution in [0.1, 0.15) is 35.5 Å². The number of hydrogen-bond donors (Lipinski definition) is 5. The van der Waals surface area contributed by atoms with E-state index in [1.807, 2.05) is 0 Å². The molecule has 0 amide bonds. The highest BCUT2D eigenvalue weighted by atomic mass is 19.3. The van der Waals surface area contributed by atoms with Crippen LogP contribution in [0.3, 0.4) is 0 Å². The average Bonchev–Trinajstić information content (AvgIpc) is 3.33. The van der Waals surface area contributed by atoms with Crippen LogP contribution < -0.4 is 26.2 Å².